The maximum atomic E-state index is 4.78. The lowest BCUT2D eigenvalue weighted by Gasteiger charge is -2.21. The molecule has 100 valence electrons. The van der Waals surface area contributed by atoms with E-state index in [4.69, 9.17) is 4.98 Å². The second-order valence-electron chi connectivity index (χ2n) is 6.94. The first-order valence-electron chi connectivity index (χ1n) is 7.11. The summed E-state index contributed by atoms with van der Waals surface area (Å²) in [5.41, 5.74) is 0.0690. The molecule has 2 saturated carbocycles. The highest BCUT2D eigenvalue weighted by atomic mass is 32.1. The van der Waals surface area contributed by atoms with E-state index in [2.05, 4.69) is 30.0 Å². The normalized spacial score (nSPS) is 20.2. The van der Waals surface area contributed by atoms with Gasteiger partial charge in [0.1, 0.15) is 5.82 Å². The molecule has 0 N–H and O–H groups in total. The molecule has 4 heteroatoms. The van der Waals surface area contributed by atoms with Crippen LogP contribution in [0, 0.1) is 11.8 Å². The molecule has 0 radical (unpaired) electrons. The lowest BCUT2D eigenvalue weighted by molar-refractivity contribution is 0.553. The molecule has 0 saturated heterocycles. The molecule has 0 spiro atoms. The fourth-order valence-corrected chi connectivity index (χ4v) is 2.98. The van der Waals surface area contributed by atoms with Crippen molar-refractivity contribution in [2.45, 2.75) is 51.9 Å². The second kappa shape index (κ2) is 4.48. The van der Waals surface area contributed by atoms with Crippen molar-refractivity contribution in [1.29, 1.82) is 0 Å². The highest BCUT2D eigenvalue weighted by Crippen LogP contribution is 2.36. The van der Waals surface area contributed by atoms with Crippen LogP contribution in [0.4, 0.5) is 5.13 Å². The number of aromatic nitrogens is 2. The van der Waals surface area contributed by atoms with Gasteiger partial charge in [-0.3, -0.25) is 0 Å². The third-order valence-electron chi connectivity index (χ3n) is 3.71. The van der Waals surface area contributed by atoms with Gasteiger partial charge >= 0.3 is 0 Å². The highest BCUT2D eigenvalue weighted by molar-refractivity contribution is 7.09. The van der Waals surface area contributed by atoms with Gasteiger partial charge in [0.15, 0.2) is 0 Å². The summed E-state index contributed by atoms with van der Waals surface area (Å²) in [7, 11) is 0. The average molecular weight is 265 g/mol. The number of rotatable bonds is 5. The Hall–Kier alpha value is -0.640. The molecule has 1 aromatic rings. The maximum absolute atomic E-state index is 4.78. The molecule has 2 aliphatic rings. The molecule has 0 amide bonds. The topological polar surface area (TPSA) is 29.0 Å². The van der Waals surface area contributed by atoms with Crippen LogP contribution >= 0.6 is 11.5 Å². The van der Waals surface area contributed by atoms with Crippen molar-refractivity contribution in [2.75, 3.05) is 18.0 Å². The molecule has 0 aromatic carbocycles. The summed E-state index contributed by atoms with van der Waals surface area (Å²) in [5.74, 6) is 2.84. The Balaban J connectivity index is 1.73. The SMILES string of the molecule is CC(C)(C)c1nsc(N(CC2CC2)CC2CC2)n1. The van der Waals surface area contributed by atoms with E-state index < -0.39 is 0 Å². The van der Waals surface area contributed by atoms with Gasteiger partial charge in [-0.2, -0.15) is 4.37 Å². The molecule has 0 unspecified atom stereocenters. The van der Waals surface area contributed by atoms with E-state index in [0.717, 1.165) is 22.8 Å². The smallest absolute Gasteiger partial charge is 0.205 e. The molecular formula is C14H23N3S. The predicted molar refractivity (Wildman–Crippen MR) is 76.3 cm³/mol. The molecule has 1 heterocycles. The molecule has 2 aliphatic carbocycles. The molecule has 18 heavy (non-hydrogen) atoms. The summed E-state index contributed by atoms with van der Waals surface area (Å²) in [5, 5.41) is 1.15. The van der Waals surface area contributed by atoms with Crippen molar-refractivity contribution >= 4 is 16.7 Å². The van der Waals surface area contributed by atoms with E-state index in [1.165, 1.54) is 38.8 Å². The Bertz CT molecular complexity index is 399. The zero-order valence-electron chi connectivity index (χ0n) is 11.6. The lowest BCUT2D eigenvalue weighted by atomic mass is 9.96. The Morgan fingerprint density at radius 1 is 1.11 bits per heavy atom. The van der Waals surface area contributed by atoms with E-state index in [-0.39, 0.29) is 5.41 Å². The molecule has 3 nitrogen and oxygen atoms in total. The van der Waals surface area contributed by atoms with E-state index in [0.29, 0.717) is 0 Å². The van der Waals surface area contributed by atoms with Crippen LogP contribution in [0.3, 0.4) is 0 Å². The van der Waals surface area contributed by atoms with Crippen molar-refractivity contribution < 1.29 is 0 Å². The molecular weight excluding hydrogens is 242 g/mol. The molecule has 3 rings (SSSR count). The number of hydrogen-bond donors (Lipinski definition) is 0. The highest BCUT2D eigenvalue weighted by Gasteiger charge is 2.31. The second-order valence-corrected chi connectivity index (χ2v) is 7.67. The van der Waals surface area contributed by atoms with Crippen LogP contribution in [0.5, 0.6) is 0 Å². The summed E-state index contributed by atoms with van der Waals surface area (Å²) >= 11 is 1.59. The monoisotopic (exact) mass is 265 g/mol. The van der Waals surface area contributed by atoms with Crippen molar-refractivity contribution in [3.05, 3.63) is 5.82 Å². The minimum absolute atomic E-state index is 0.0690. The van der Waals surface area contributed by atoms with Crippen molar-refractivity contribution in [2.24, 2.45) is 11.8 Å². The van der Waals surface area contributed by atoms with E-state index in [1.807, 2.05) is 0 Å². The molecule has 0 bridgehead atoms. The lowest BCUT2D eigenvalue weighted by Crippen LogP contribution is -2.28. The largest absolute Gasteiger partial charge is 0.346 e. The van der Waals surface area contributed by atoms with E-state index >= 15 is 0 Å². The standard InChI is InChI=1S/C14H23N3S/c1-14(2,3)12-15-13(18-16-12)17(8-10-4-5-10)9-11-6-7-11/h10-11H,4-9H2,1-3H3. The zero-order valence-corrected chi connectivity index (χ0v) is 12.5. The molecule has 1 aromatic heterocycles. The summed E-state index contributed by atoms with van der Waals surface area (Å²) in [4.78, 5) is 7.28. The Morgan fingerprint density at radius 3 is 2.06 bits per heavy atom. The van der Waals surface area contributed by atoms with Gasteiger partial charge in [-0.25, -0.2) is 4.98 Å². The van der Waals surface area contributed by atoms with Crippen LogP contribution in [0.2, 0.25) is 0 Å². The Labute approximate surface area is 114 Å². The fraction of sp³-hybridized carbons (Fsp3) is 0.857. The Kier molecular flexibility index (Phi) is 3.08. The van der Waals surface area contributed by atoms with E-state index in [1.54, 1.807) is 11.5 Å². The first-order valence-corrected chi connectivity index (χ1v) is 7.89. The quantitative estimate of drug-likeness (QED) is 0.816. The van der Waals surface area contributed by atoms with Gasteiger partial charge < -0.3 is 4.90 Å². The van der Waals surface area contributed by atoms with E-state index in [9.17, 15) is 0 Å². The van der Waals surface area contributed by atoms with Gasteiger partial charge in [0, 0.05) is 30.0 Å². The van der Waals surface area contributed by atoms with Crippen molar-refractivity contribution in [3.8, 4) is 0 Å². The first-order chi connectivity index (χ1) is 8.52. The molecule has 2 fully saturated rings. The Morgan fingerprint density at radius 2 is 1.67 bits per heavy atom. The minimum atomic E-state index is 0.0690. The maximum Gasteiger partial charge on any atom is 0.205 e. The summed E-state index contributed by atoms with van der Waals surface area (Å²) in [6.07, 6.45) is 5.64. The summed E-state index contributed by atoms with van der Waals surface area (Å²) in [6, 6.07) is 0. The van der Waals surface area contributed by atoms with Crippen LogP contribution in [-0.2, 0) is 5.41 Å². The molecule has 0 aliphatic heterocycles. The first kappa shape index (κ1) is 12.4. The zero-order chi connectivity index (χ0) is 12.8. The summed E-state index contributed by atoms with van der Waals surface area (Å²) < 4.78 is 4.55. The average Bonchev–Trinajstić information content (AvgIpc) is 3.20. The minimum Gasteiger partial charge on any atom is -0.346 e. The van der Waals surface area contributed by atoms with Gasteiger partial charge in [0.25, 0.3) is 0 Å². The van der Waals surface area contributed by atoms with Gasteiger partial charge in [-0.05, 0) is 37.5 Å². The third-order valence-corrected chi connectivity index (χ3v) is 4.48. The van der Waals surface area contributed by atoms with Crippen LogP contribution in [0.25, 0.3) is 0 Å². The molecule has 0 atom stereocenters. The van der Waals surface area contributed by atoms with Crippen molar-refractivity contribution in [1.82, 2.24) is 9.36 Å². The van der Waals surface area contributed by atoms with Crippen molar-refractivity contribution in [3.63, 3.8) is 0 Å². The number of nitrogens with zero attached hydrogens (tertiary/aromatic N) is 3. The number of anilines is 1. The fourth-order valence-electron chi connectivity index (χ4n) is 2.10. The third kappa shape index (κ3) is 3.02. The van der Waals surface area contributed by atoms with Crippen LogP contribution < -0.4 is 4.90 Å². The van der Waals surface area contributed by atoms with Gasteiger partial charge in [0.2, 0.25) is 5.13 Å². The van der Waals surface area contributed by atoms with Crippen LogP contribution in [0.15, 0.2) is 0 Å². The predicted octanol–water partition coefficient (Wildman–Crippen LogP) is 3.46. The number of hydrogen-bond acceptors (Lipinski definition) is 4. The van der Waals surface area contributed by atoms with Gasteiger partial charge in [-0.15, -0.1) is 0 Å². The van der Waals surface area contributed by atoms with Crippen LogP contribution in [-0.4, -0.2) is 22.4 Å². The van der Waals surface area contributed by atoms with Crippen LogP contribution in [0.1, 0.15) is 52.3 Å². The van der Waals surface area contributed by atoms with Gasteiger partial charge in [-0.1, -0.05) is 20.8 Å². The van der Waals surface area contributed by atoms with Gasteiger partial charge in [0.05, 0.1) is 0 Å². The summed E-state index contributed by atoms with van der Waals surface area (Å²) in [6.45, 7) is 8.96.